The highest BCUT2D eigenvalue weighted by atomic mass is 16.6. The summed E-state index contributed by atoms with van der Waals surface area (Å²) in [4.78, 5) is 17.8. The van der Waals surface area contributed by atoms with Crippen LogP contribution in [0.2, 0.25) is 0 Å². The van der Waals surface area contributed by atoms with Crippen molar-refractivity contribution in [2.75, 3.05) is 45.3 Å². The minimum atomic E-state index is -0.102. The lowest BCUT2D eigenvalue weighted by atomic mass is 10.0. The predicted octanol–water partition coefficient (Wildman–Crippen LogP) is 3.98. The molecule has 2 aliphatic rings. The van der Waals surface area contributed by atoms with Gasteiger partial charge in [-0.25, -0.2) is 4.79 Å². The molecule has 2 amide bonds. The number of nitrogens with one attached hydrogen (secondary N) is 1. The quantitative estimate of drug-likeness (QED) is 0.758. The number of hydrogen-bond acceptors (Lipinski definition) is 5. The van der Waals surface area contributed by atoms with E-state index in [1.54, 1.807) is 7.11 Å². The Morgan fingerprint density at radius 2 is 1.90 bits per heavy atom. The van der Waals surface area contributed by atoms with E-state index in [0.29, 0.717) is 36.9 Å². The zero-order valence-corrected chi connectivity index (χ0v) is 18.3. The number of rotatable bonds is 6. The molecule has 1 N–H and O–H groups in total. The molecule has 2 aromatic rings. The van der Waals surface area contributed by atoms with Crippen LogP contribution in [0.3, 0.4) is 0 Å². The molecule has 2 heterocycles. The van der Waals surface area contributed by atoms with Gasteiger partial charge >= 0.3 is 6.03 Å². The normalized spacial score (nSPS) is 16.6. The number of likely N-dealkylation sites (tertiary alicyclic amines) is 1. The van der Waals surface area contributed by atoms with E-state index >= 15 is 0 Å². The summed E-state index contributed by atoms with van der Waals surface area (Å²) in [5.74, 6) is 2.18. The van der Waals surface area contributed by atoms with E-state index in [0.717, 1.165) is 43.8 Å². The summed E-state index contributed by atoms with van der Waals surface area (Å²) < 4.78 is 16.6. The minimum Gasteiger partial charge on any atom is -0.497 e. The van der Waals surface area contributed by atoms with Gasteiger partial charge in [-0.05, 0) is 49.2 Å². The van der Waals surface area contributed by atoms with Gasteiger partial charge in [0.05, 0.1) is 7.11 Å². The fourth-order valence-electron chi connectivity index (χ4n) is 4.20. The Balaban J connectivity index is 1.51. The Labute approximate surface area is 183 Å². The van der Waals surface area contributed by atoms with Crippen molar-refractivity contribution in [3.8, 4) is 17.2 Å². The molecule has 4 rings (SSSR count). The van der Waals surface area contributed by atoms with Crippen LogP contribution >= 0.6 is 0 Å². The molecule has 0 radical (unpaired) electrons. The number of fused-ring (bicyclic) bond motifs is 1. The number of amides is 2. The second kappa shape index (κ2) is 9.92. The highest BCUT2D eigenvalue weighted by Crippen LogP contribution is 2.33. The molecular formula is C24H31N3O4. The summed E-state index contributed by atoms with van der Waals surface area (Å²) in [7, 11) is 1.66. The zero-order valence-electron chi connectivity index (χ0n) is 18.3. The number of ether oxygens (including phenoxy) is 3. The number of urea groups is 1. The molecule has 0 atom stereocenters. The first-order chi connectivity index (χ1) is 15.2. The van der Waals surface area contributed by atoms with Crippen LogP contribution < -0.4 is 19.5 Å². The number of nitrogens with zero attached hydrogens (tertiary/aromatic N) is 2. The number of carbonyl (C=O) groups is 1. The molecule has 0 aliphatic carbocycles. The van der Waals surface area contributed by atoms with Gasteiger partial charge in [-0.3, -0.25) is 0 Å². The Hall–Kier alpha value is -2.93. The lowest BCUT2D eigenvalue weighted by Gasteiger charge is -2.38. The molecule has 166 valence electrons. The van der Waals surface area contributed by atoms with E-state index in [1.807, 2.05) is 47.4 Å². The van der Waals surface area contributed by atoms with E-state index in [4.69, 9.17) is 14.2 Å². The molecule has 0 spiro atoms. The Bertz CT molecular complexity index is 896. The molecule has 2 aromatic carbocycles. The first-order valence-electron chi connectivity index (χ1n) is 11.0. The molecular weight excluding hydrogens is 394 g/mol. The average molecular weight is 426 g/mol. The fraction of sp³-hybridized carbons (Fsp3) is 0.458. The van der Waals surface area contributed by atoms with Crippen molar-refractivity contribution in [2.45, 2.75) is 32.4 Å². The van der Waals surface area contributed by atoms with E-state index in [-0.39, 0.29) is 12.1 Å². The van der Waals surface area contributed by atoms with Gasteiger partial charge in [0.15, 0.2) is 11.5 Å². The molecule has 31 heavy (non-hydrogen) atoms. The number of benzene rings is 2. The molecule has 7 heteroatoms. The summed E-state index contributed by atoms with van der Waals surface area (Å²) >= 11 is 0. The number of carbonyl (C=O) groups excluding carboxylic acids is 1. The first kappa shape index (κ1) is 21.3. The Morgan fingerprint density at radius 1 is 1.13 bits per heavy atom. The average Bonchev–Trinajstić information content (AvgIpc) is 2.82. The third-order valence-corrected chi connectivity index (χ3v) is 5.99. The van der Waals surface area contributed by atoms with Crippen molar-refractivity contribution >= 4 is 11.7 Å². The largest absolute Gasteiger partial charge is 0.497 e. The lowest BCUT2D eigenvalue weighted by molar-refractivity contribution is 0.126. The van der Waals surface area contributed by atoms with Gasteiger partial charge in [-0.1, -0.05) is 19.1 Å². The van der Waals surface area contributed by atoms with Gasteiger partial charge in [0.25, 0.3) is 0 Å². The topological polar surface area (TPSA) is 63.3 Å². The number of methoxy groups -OCH3 is 1. The highest BCUT2D eigenvalue weighted by molar-refractivity contribution is 5.90. The molecule has 2 aliphatic heterocycles. The lowest BCUT2D eigenvalue weighted by Crippen LogP contribution is -2.48. The Morgan fingerprint density at radius 3 is 2.65 bits per heavy atom. The summed E-state index contributed by atoms with van der Waals surface area (Å²) in [5, 5.41) is 3.07. The van der Waals surface area contributed by atoms with Gasteiger partial charge in [-0.15, -0.1) is 0 Å². The minimum absolute atomic E-state index is 0.102. The van der Waals surface area contributed by atoms with E-state index < -0.39 is 0 Å². The molecule has 0 bridgehead atoms. The predicted molar refractivity (Wildman–Crippen MR) is 120 cm³/mol. The smallest absolute Gasteiger partial charge is 0.322 e. The van der Waals surface area contributed by atoms with Gasteiger partial charge < -0.3 is 29.3 Å². The van der Waals surface area contributed by atoms with Crippen LogP contribution in [0.5, 0.6) is 17.2 Å². The molecule has 0 saturated carbocycles. The summed E-state index contributed by atoms with van der Waals surface area (Å²) in [6.07, 6.45) is 1.93. The highest BCUT2D eigenvalue weighted by Gasteiger charge is 2.28. The fourth-order valence-corrected chi connectivity index (χ4v) is 4.20. The van der Waals surface area contributed by atoms with Crippen LogP contribution in [-0.2, 0) is 6.54 Å². The van der Waals surface area contributed by atoms with Crippen LogP contribution in [0.15, 0.2) is 42.5 Å². The van der Waals surface area contributed by atoms with Gasteiger partial charge in [-0.2, -0.15) is 0 Å². The third kappa shape index (κ3) is 5.22. The van der Waals surface area contributed by atoms with Crippen molar-refractivity contribution in [1.29, 1.82) is 0 Å². The molecule has 0 unspecified atom stereocenters. The monoisotopic (exact) mass is 425 g/mol. The van der Waals surface area contributed by atoms with Crippen LogP contribution in [0, 0.1) is 0 Å². The third-order valence-electron chi connectivity index (χ3n) is 5.99. The van der Waals surface area contributed by atoms with Crippen molar-refractivity contribution in [3.63, 3.8) is 0 Å². The van der Waals surface area contributed by atoms with Crippen molar-refractivity contribution in [2.24, 2.45) is 0 Å². The van der Waals surface area contributed by atoms with Crippen molar-refractivity contribution in [3.05, 3.63) is 48.0 Å². The second-order valence-corrected chi connectivity index (χ2v) is 7.93. The van der Waals surface area contributed by atoms with E-state index in [9.17, 15) is 4.79 Å². The summed E-state index contributed by atoms with van der Waals surface area (Å²) in [6, 6.07) is 13.5. The number of piperidine rings is 1. The SMILES string of the molecule is CCN1CCC(N(Cc2cccc(OC)c2)C(=O)Nc2ccc3c(c2)OCCO3)CC1. The van der Waals surface area contributed by atoms with Gasteiger partial charge in [0, 0.05) is 37.4 Å². The summed E-state index contributed by atoms with van der Waals surface area (Å²) in [5.41, 5.74) is 1.76. The standard InChI is InChI=1S/C24H31N3O4/c1-3-26-11-9-20(10-12-26)27(17-18-5-4-6-21(15-18)29-2)24(28)25-19-7-8-22-23(16-19)31-14-13-30-22/h4-8,15-16,20H,3,9-14,17H2,1-2H3,(H,25,28). The zero-order chi connectivity index (χ0) is 21.6. The van der Waals surface area contributed by atoms with Crippen LogP contribution in [0.1, 0.15) is 25.3 Å². The molecule has 0 aromatic heterocycles. The van der Waals surface area contributed by atoms with Gasteiger partial charge in [0.2, 0.25) is 0 Å². The molecule has 1 saturated heterocycles. The maximum atomic E-state index is 13.4. The number of anilines is 1. The van der Waals surface area contributed by atoms with Crippen LogP contribution in [0.4, 0.5) is 10.5 Å². The summed E-state index contributed by atoms with van der Waals surface area (Å²) in [6.45, 7) is 6.84. The van der Waals surface area contributed by atoms with E-state index in [1.165, 1.54) is 0 Å². The maximum absolute atomic E-state index is 13.4. The van der Waals surface area contributed by atoms with Gasteiger partial charge in [0.1, 0.15) is 19.0 Å². The first-order valence-corrected chi connectivity index (χ1v) is 11.0. The van der Waals surface area contributed by atoms with E-state index in [2.05, 4.69) is 17.1 Å². The van der Waals surface area contributed by atoms with Crippen molar-refractivity contribution in [1.82, 2.24) is 9.80 Å². The van der Waals surface area contributed by atoms with Crippen LogP contribution in [0.25, 0.3) is 0 Å². The van der Waals surface area contributed by atoms with Crippen LogP contribution in [-0.4, -0.2) is 61.8 Å². The number of hydrogen-bond donors (Lipinski definition) is 1. The Kier molecular flexibility index (Phi) is 6.82. The molecule has 7 nitrogen and oxygen atoms in total. The second-order valence-electron chi connectivity index (χ2n) is 7.93. The van der Waals surface area contributed by atoms with Crippen molar-refractivity contribution < 1.29 is 19.0 Å². The maximum Gasteiger partial charge on any atom is 0.322 e. The molecule has 1 fully saturated rings.